The summed E-state index contributed by atoms with van der Waals surface area (Å²) in [5.41, 5.74) is 0.926. The van der Waals surface area contributed by atoms with Crippen LogP contribution in [0, 0.1) is 6.92 Å². The van der Waals surface area contributed by atoms with Crippen LogP contribution >= 0.6 is 11.6 Å². The van der Waals surface area contributed by atoms with Crippen molar-refractivity contribution >= 4 is 34.1 Å². The van der Waals surface area contributed by atoms with Crippen LogP contribution in [-0.2, 0) is 4.79 Å². The molecule has 4 heteroatoms. The Kier molecular flexibility index (Phi) is 2.79. The molecule has 0 bridgehead atoms. The van der Waals surface area contributed by atoms with E-state index in [1.165, 1.54) is 6.92 Å². The molecule has 1 heterocycles. The molecule has 0 saturated carbocycles. The summed E-state index contributed by atoms with van der Waals surface area (Å²) in [6.45, 7) is 3.36. The van der Waals surface area contributed by atoms with Crippen LogP contribution in [0.5, 0.6) is 0 Å². The Morgan fingerprint density at radius 1 is 1.31 bits per heavy atom. The summed E-state index contributed by atoms with van der Waals surface area (Å²) in [5.74, 6) is 0.373. The molecule has 0 radical (unpaired) electrons. The van der Waals surface area contributed by atoms with Gasteiger partial charge in [-0.3, -0.25) is 4.79 Å². The molecule has 1 aromatic carbocycles. The lowest BCUT2D eigenvalue weighted by Crippen LogP contribution is -2.09. The van der Waals surface area contributed by atoms with Crippen LogP contribution in [-0.4, -0.2) is 10.9 Å². The molecule has 0 aliphatic heterocycles. The predicted octanol–water partition coefficient (Wildman–Crippen LogP) is 3.16. The Balaban J connectivity index is 2.70. The highest BCUT2D eigenvalue weighted by molar-refractivity contribution is 6.34. The number of nitrogens with one attached hydrogen (secondary N) is 1. The van der Waals surface area contributed by atoms with E-state index in [1.54, 1.807) is 0 Å². The van der Waals surface area contributed by atoms with E-state index in [9.17, 15) is 4.79 Å². The number of hydrogen-bond donors (Lipinski definition) is 1. The first-order chi connectivity index (χ1) is 7.59. The topological polar surface area (TPSA) is 42.0 Å². The highest BCUT2D eigenvalue weighted by Crippen LogP contribution is 2.28. The fourth-order valence-electron chi connectivity index (χ4n) is 1.65. The second-order valence-electron chi connectivity index (χ2n) is 3.60. The number of aromatic nitrogens is 1. The number of hydrogen-bond acceptors (Lipinski definition) is 2. The molecule has 3 nitrogen and oxygen atoms in total. The van der Waals surface area contributed by atoms with Crippen molar-refractivity contribution in [3.8, 4) is 0 Å². The molecule has 1 aromatic heterocycles. The molecular weight excluding hydrogens is 224 g/mol. The molecule has 16 heavy (non-hydrogen) atoms. The maximum atomic E-state index is 11.0. The zero-order chi connectivity index (χ0) is 11.7. The molecule has 1 amide bonds. The van der Waals surface area contributed by atoms with Gasteiger partial charge in [0.15, 0.2) is 0 Å². The summed E-state index contributed by atoms with van der Waals surface area (Å²) in [6, 6.07) is 7.72. The molecule has 0 spiro atoms. The Bertz CT molecular complexity index is 566. The number of halogens is 1. The summed E-state index contributed by atoms with van der Waals surface area (Å²) in [5, 5.41) is 4.98. The number of rotatable bonds is 1. The number of carbonyl (C=O) groups excluding carboxylic acids is 1. The van der Waals surface area contributed by atoms with Gasteiger partial charge in [0.2, 0.25) is 5.91 Å². The zero-order valence-electron chi connectivity index (χ0n) is 9.04. The summed E-state index contributed by atoms with van der Waals surface area (Å²) >= 11 is 6.06. The number of carbonyl (C=O) groups is 1. The van der Waals surface area contributed by atoms with Gasteiger partial charge in [0, 0.05) is 12.3 Å². The van der Waals surface area contributed by atoms with Crippen LogP contribution in [0.4, 0.5) is 5.82 Å². The lowest BCUT2D eigenvalue weighted by molar-refractivity contribution is -0.114. The van der Waals surface area contributed by atoms with Crippen molar-refractivity contribution in [2.24, 2.45) is 0 Å². The minimum atomic E-state index is -0.151. The minimum absolute atomic E-state index is 0.151. The van der Waals surface area contributed by atoms with Gasteiger partial charge in [-0.2, -0.15) is 0 Å². The average Bonchev–Trinajstić information content (AvgIpc) is 2.25. The monoisotopic (exact) mass is 234 g/mol. The fourth-order valence-corrected chi connectivity index (χ4v) is 1.90. The van der Waals surface area contributed by atoms with Crippen molar-refractivity contribution in [2.45, 2.75) is 13.8 Å². The average molecular weight is 235 g/mol. The predicted molar refractivity (Wildman–Crippen MR) is 65.8 cm³/mol. The lowest BCUT2D eigenvalue weighted by Gasteiger charge is -2.09. The first-order valence-corrected chi connectivity index (χ1v) is 5.30. The third-order valence-electron chi connectivity index (χ3n) is 2.41. The largest absolute Gasteiger partial charge is 0.311 e. The van der Waals surface area contributed by atoms with Gasteiger partial charge in [0.05, 0.1) is 0 Å². The van der Waals surface area contributed by atoms with Crippen molar-refractivity contribution in [1.82, 2.24) is 4.98 Å². The Morgan fingerprint density at radius 3 is 2.56 bits per heavy atom. The van der Waals surface area contributed by atoms with E-state index < -0.39 is 0 Å². The van der Waals surface area contributed by atoms with Gasteiger partial charge >= 0.3 is 0 Å². The molecule has 0 aliphatic rings. The van der Waals surface area contributed by atoms with Crippen LogP contribution in [0.25, 0.3) is 10.8 Å². The van der Waals surface area contributed by atoms with E-state index in [4.69, 9.17) is 11.6 Å². The van der Waals surface area contributed by atoms with Crippen molar-refractivity contribution in [2.75, 3.05) is 5.32 Å². The van der Waals surface area contributed by atoms with Crippen LogP contribution in [0.2, 0.25) is 5.15 Å². The Labute approximate surface area is 98.4 Å². The summed E-state index contributed by atoms with van der Waals surface area (Å²) < 4.78 is 0. The highest BCUT2D eigenvalue weighted by atomic mass is 35.5. The molecule has 0 unspecified atom stereocenters. The van der Waals surface area contributed by atoms with Gasteiger partial charge in [0.1, 0.15) is 11.0 Å². The molecule has 1 N–H and O–H groups in total. The number of fused-ring (bicyclic) bond motifs is 1. The van der Waals surface area contributed by atoms with Gasteiger partial charge in [-0.15, -0.1) is 0 Å². The molecule has 0 atom stereocenters. The van der Waals surface area contributed by atoms with E-state index in [-0.39, 0.29) is 5.91 Å². The summed E-state index contributed by atoms with van der Waals surface area (Å²) in [6.07, 6.45) is 0. The second kappa shape index (κ2) is 4.10. The fraction of sp³-hybridized carbons (Fsp3) is 0.167. The first-order valence-electron chi connectivity index (χ1n) is 4.92. The molecule has 0 saturated heterocycles. The highest BCUT2D eigenvalue weighted by Gasteiger charge is 2.09. The van der Waals surface area contributed by atoms with Crippen molar-refractivity contribution in [1.29, 1.82) is 0 Å². The van der Waals surface area contributed by atoms with E-state index in [0.29, 0.717) is 11.0 Å². The van der Waals surface area contributed by atoms with E-state index >= 15 is 0 Å². The normalized spacial score (nSPS) is 10.4. The van der Waals surface area contributed by atoms with Crippen LogP contribution in [0.15, 0.2) is 24.3 Å². The minimum Gasteiger partial charge on any atom is -0.311 e. The molecule has 0 aliphatic carbocycles. The van der Waals surface area contributed by atoms with Crippen molar-refractivity contribution in [3.63, 3.8) is 0 Å². The molecule has 2 rings (SSSR count). The number of nitrogens with zero attached hydrogens (tertiary/aromatic N) is 1. The van der Waals surface area contributed by atoms with Gasteiger partial charge in [-0.05, 0) is 17.9 Å². The van der Waals surface area contributed by atoms with E-state index in [2.05, 4.69) is 10.3 Å². The van der Waals surface area contributed by atoms with Crippen LogP contribution in [0.3, 0.4) is 0 Å². The number of amides is 1. The number of pyridine rings is 1. The smallest absolute Gasteiger partial charge is 0.222 e. The third-order valence-corrected chi connectivity index (χ3v) is 2.70. The van der Waals surface area contributed by atoms with Gasteiger partial charge in [-0.1, -0.05) is 35.9 Å². The quantitative estimate of drug-likeness (QED) is 0.771. The molecule has 2 aromatic rings. The Hall–Kier alpha value is -1.61. The third kappa shape index (κ3) is 1.86. The first kappa shape index (κ1) is 10.9. The SMILES string of the molecule is CC(=O)Nc1nc(Cl)c2ccccc2c1C. The van der Waals surface area contributed by atoms with Gasteiger partial charge in [-0.25, -0.2) is 4.98 Å². The van der Waals surface area contributed by atoms with Gasteiger partial charge in [0.25, 0.3) is 0 Å². The van der Waals surface area contributed by atoms with E-state index in [1.807, 2.05) is 31.2 Å². The number of aryl methyl sites for hydroxylation is 1. The van der Waals surface area contributed by atoms with Crippen molar-refractivity contribution in [3.05, 3.63) is 35.0 Å². The standard InChI is InChI=1S/C12H11ClN2O/c1-7-9-5-3-4-6-10(9)11(13)15-12(7)14-8(2)16/h3-6H,1-2H3,(H,14,15,16). The number of benzene rings is 1. The van der Waals surface area contributed by atoms with Crippen molar-refractivity contribution < 1.29 is 4.79 Å². The molecule has 0 fully saturated rings. The molecule has 82 valence electrons. The van der Waals surface area contributed by atoms with Crippen LogP contribution < -0.4 is 5.32 Å². The second-order valence-corrected chi connectivity index (χ2v) is 3.96. The zero-order valence-corrected chi connectivity index (χ0v) is 9.80. The number of anilines is 1. The maximum Gasteiger partial charge on any atom is 0.222 e. The van der Waals surface area contributed by atoms with E-state index in [0.717, 1.165) is 16.3 Å². The maximum absolute atomic E-state index is 11.0. The Morgan fingerprint density at radius 2 is 1.94 bits per heavy atom. The molecular formula is C12H11ClN2O. The van der Waals surface area contributed by atoms with Gasteiger partial charge < -0.3 is 5.32 Å². The lowest BCUT2D eigenvalue weighted by atomic mass is 10.1. The van der Waals surface area contributed by atoms with Crippen LogP contribution in [0.1, 0.15) is 12.5 Å². The summed E-state index contributed by atoms with van der Waals surface area (Å²) in [7, 11) is 0. The summed E-state index contributed by atoms with van der Waals surface area (Å²) in [4.78, 5) is 15.2.